The molecule has 0 saturated carbocycles. The number of rotatable bonds is 9. The fourth-order valence-corrected chi connectivity index (χ4v) is 2.43. The topological polar surface area (TPSA) is 66.0 Å². The van der Waals surface area contributed by atoms with Crippen molar-refractivity contribution in [2.24, 2.45) is 4.99 Å². The van der Waals surface area contributed by atoms with Gasteiger partial charge in [0.1, 0.15) is 0 Å². The highest BCUT2D eigenvalue weighted by molar-refractivity contribution is 14.0. The smallest absolute Gasteiger partial charge is 0.241 e. The Kier molecular flexibility index (Phi) is 12.0. The second kappa shape index (κ2) is 13.9. The van der Waals surface area contributed by atoms with E-state index >= 15 is 0 Å². The Labute approximate surface area is 190 Å². The number of guanidine groups is 1. The Hall–Kier alpha value is -2.13. The van der Waals surface area contributed by atoms with Crippen LogP contribution in [-0.4, -0.2) is 44.0 Å². The van der Waals surface area contributed by atoms with Crippen molar-refractivity contribution in [1.29, 1.82) is 0 Å². The first-order valence-electron chi connectivity index (χ1n) is 9.50. The molecule has 0 aliphatic carbocycles. The van der Waals surface area contributed by atoms with Crippen LogP contribution < -0.4 is 10.6 Å². The van der Waals surface area contributed by atoms with Crippen molar-refractivity contribution in [2.45, 2.75) is 26.7 Å². The number of carbonyl (C=O) groups is 1. The summed E-state index contributed by atoms with van der Waals surface area (Å²) in [6.07, 6.45) is 0. The quantitative estimate of drug-likeness (QED) is 0.309. The lowest BCUT2D eigenvalue weighted by molar-refractivity contribution is -0.127. The number of amides is 1. The molecule has 0 fully saturated rings. The molecule has 2 N–H and O–H groups in total. The molecule has 0 atom stereocenters. The van der Waals surface area contributed by atoms with Crippen LogP contribution in [0.1, 0.15) is 23.6 Å². The predicted molar refractivity (Wildman–Crippen MR) is 128 cm³/mol. The van der Waals surface area contributed by atoms with Crippen LogP contribution in [0.25, 0.3) is 0 Å². The zero-order chi connectivity index (χ0) is 20.2. The van der Waals surface area contributed by atoms with Crippen molar-refractivity contribution in [3.05, 3.63) is 71.3 Å². The summed E-state index contributed by atoms with van der Waals surface area (Å²) in [6.45, 7) is 4.67. The summed E-state index contributed by atoms with van der Waals surface area (Å²) in [5, 5.41) is 6.20. The van der Waals surface area contributed by atoms with Gasteiger partial charge in [0, 0.05) is 20.6 Å². The van der Waals surface area contributed by atoms with Crippen LogP contribution in [-0.2, 0) is 29.3 Å². The van der Waals surface area contributed by atoms with Gasteiger partial charge in [0.05, 0.1) is 26.3 Å². The fourth-order valence-electron chi connectivity index (χ4n) is 2.43. The van der Waals surface area contributed by atoms with Crippen molar-refractivity contribution in [3.63, 3.8) is 0 Å². The number of likely N-dealkylation sites (N-methyl/N-ethyl adjacent to an activating group) is 1. The largest absolute Gasteiger partial charge is 0.372 e. The number of hydrogen-bond acceptors (Lipinski definition) is 3. The zero-order valence-electron chi connectivity index (χ0n) is 17.4. The average Bonchev–Trinajstić information content (AvgIpc) is 2.71. The number of hydrogen-bond donors (Lipinski definition) is 2. The van der Waals surface area contributed by atoms with E-state index in [1.165, 1.54) is 5.56 Å². The Balaban J connectivity index is 0.00000420. The Morgan fingerprint density at radius 1 is 0.931 bits per heavy atom. The van der Waals surface area contributed by atoms with Gasteiger partial charge in [-0.25, -0.2) is 4.99 Å². The van der Waals surface area contributed by atoms with Crippen LogP contribution in [0.4, 0.5) is 0 Å². The predicted octanol–water partition coefficient (Wildman–Crippen LogP) is 3.16. The van der Waals surface area contributed by atoms with E-state index in [1.807, 2.05) is 25.1 Å². The number of benzene rings is 2. The molecule has 7 heteroatoms. The molecule has 0 aromatic heterocycles. The molecule has 1 amide bonds. The number of carbonyl (C=O) groups excluding carboxylic acids is 1. The van der Waals surface area contributed by atoms with E-state index in [9.17, 15) is 4.79 Å². The van der Waals surface area contributed by atoms with E-state index in [0.29, 0.717) is 25.7 Å². The van der Waals surface area contributed by atoms with Crippen molar-refractivity contribution in [3.8, 4) is 0 Å². The van der Waals surface area contributed by atoms with Gasteiger partial charge in [-0.2, -0.15) is 0 Å². The van der Waals surface area contributed by atoms with E-state index in [2.05, 4.69) is 52.0 Å². The highest BCUT2D eigenvalue weighted by Crippen LogP contribution is 2.09. The standard InChI is InChI=1S/C22H30N4O2.HI/c1-4-23-22(25-15-21(27)26(2)3)24-14-18-10-12-20(13-11-18)17-28-16-19-8-6-5-7-9-19;/h5-13H,4,14-17H2,1-3H3,(H2,23,24,25);1H. The molecule has 2 aromatic carbocycles. The zero-order valence-corrected chi connectivity index (χ0v) is 19.7. The lowest BCUT2D eigenvalue weighted by Crippen LogP contribution is -2.42. The first-order chi connectivity index (χ1) is 13.6. The van der Waals surface area contributed by atoms with Crippen LogP contribution in [0.2, 0.25) is 0 Å². The Morgan fingerprint density at radius 3 is 2.10 bits per heavy atom. The number of ether oxygens (including phenoxy) is 1. The van der Waals surface area contributed by atoms with E-state index in [-0.39, 0.29) is 36.4 Å². The molecule has 2 aromatic rings. The molecule has 0 spiro atoms. The molecule has 0 radical (unpaired) electrons. The van der Waals surface area contributed by atoms with E-state index in [4.69, 9.17) is 4.74 Å². The third kappa shape index (κ3) is 9.76. The number of nitrogens with zero attached hydrogens (tertiary/aromatic N) is 2. The van der Waals surface area contributed by atoms with E-state index in [1.54, 1.807) is 19.0 Å². The third-order valence-electron chi connectivity index (χ3n) is 4.07. The summed E-state index contributed by atoms with van der Waals surface area (Å²) < 4.78 is 5.77. The second-order valence-electron chi connectivity index (χ2n) is 6.63. The number of halogens is 1. The molecule has 0 aliphatic heterocycles. The number of nitrogens with one attached hydrogen (secondary N) is 2. The van der Waals surface area contributed by atoms with Crippen LogP contribution in [0.5, 0.6) is 0 Å². The van der Waals surface area contributed by atoms with Gasteiger partial charge in [-0.1, -0.05) is 54.6 Å². The minimum atomic E-state index is 0. The maximum atomic E-state index is 11.7. The number of aliphatic imine (C=N–C) groups is 1. The minimum absolute atomic E-state index is 0. The first-order valence-corrected chi connectivity index (χ1v) is 9.50. The lowest BCUT2D eigenvalue weighted by Gasteiger charge is -2.14. The Morgan fingerprint density at radius 2 is 1.52 bits per heavy atom. The molecule has 0 bridgehead atoms. The summed E-state index contributed by atoms with van der Waals surface area (Å²) in [4.78, 5) is 17.8. The highest BCUT2D eigenvalue weighted by atomic mass is 127. The SMILES string of the molecule is CCNC(=NCc1ccc(COCc2ccccc2)cc1)NCC(=O)N(C)C.I. The summed E-state index contributed by atoms with van der Waals surface area (Å²) in [5.74, 6) is 0.637. The normalized spacial score (nSPS) is 10.8. The van der Waals surface area contributed by atoms with Gasteiger partial charge in [-0.3, -0.25) is 4.79 Å². The van der Waals surface area contributed by atoms with Gasteiger partial charge in [-0.15, -0.1) is 24.0 Å². The van der Waals surface area contributed by atoms with Crippen molar-refractivity contribution in [2.75, 3.05) is 27.2 Å². The van der Waals surface area contributed by atoms with Gasteiger partial charge in [-0.05, 0) is 23.6 Å². The maximum Gasteiger partial charge on any atom is 0.241 e. The molecular weight excluding hydrogens is 479 g/mol. The molecule has 6 nitrogen and oxygen atoms in total. The molecule has 0 unspecified atom stereocenters. The van der Waals surface area contributed by atoms with Crippen LogP contribution in [0, 0.1) is 0 Å². The lowest BCUT2D eigenvalue weighted by atomic mass is 10.1. The van der Waals surface area contributed by atoms with Gasteiger partial charge in [0.25, 0.3) is 0 Å². The first kappa shape index (κ1) is 24.9. The average molecular weight is 510 g/mol. The van der Waals surface area contributed by atoms with Gasteiger partial charge in [0.2, 0.25) is 5.91 Å². The Bertz CT molecular complexity index is 749. The van der Waals surface area contributed by atoms with Crippen LogP contribution >= 0.6 is 24.0 Å². The van der Waals surface area contributed by atoms with Crippen LogP contribution in [0.15, 0.2) is 59.6 Å². The minimum Gasteiger partial charge on any atom is -0.372 e. The molecule has 29 heavy (non-hydrogen) atoms. The second-order valence-corrected chi connectivity index (χ2v) is 6.63. The molecule has 0 aliphatic rings. The monoisotopic (exact) mass is 510 g/mol. The molecule has 158 valence electrons. The van der Waals surface area contributed by atoms with Gasteiger partial charge < -0.3 is 20.3 Å². The highest BCUT2D eigenvalue weighted by Gasteiger charge is 2.05. The summed E-state index contributed by atoms with van der Waals surface area (Å²) in [5.41, 5.74) is 3.40. The molecule has 0 heterocycles. The van der Waals surface area contributed by atoms with Crippen LogP contribution in [0.3, 0.4) is 0 Å². The third-order valence-corrected chi connectivity index (χ3v) is 4.07. The fraction of sp³-hybridized carbons (Fsp3) is 0.364. The summed E-state index contributed by atoms with van der Waals surface area (Å²) >= 11 is 0. The summed E-state index contributed by atoms with van der Waals surface area (Å²) in [6, 6.07) is 18.4. The maximum absolute atomic E-state index is 11.7. The molecule has 0 saturated heterocycles. The molecular formula is C22H31IN4O2. The van der Waals surface area contributed by atoms with Crippen molar-refractivity contribution in [1.82, 2.24) is 15.5 Å². The van der Waals surface area contributed by atoms with Crippen molar-refractivity contribution >= 4 is 35.8 Å². The van der Waals surface area contributed by atoms with Crippen molar-refractivity contribution < 1.29 is 9.53 Å². The summed E-state index contributed by atoms with van der Waals surface area (Å²) in [7, 11) is 3.47. The van der Waals surface area contributed by atoms with E-state index in [0.717, 1.165) is 17.7 Å². The molecule has 2 rings (SSSR count). The van der Waals surface area contributed by atoms with Gasteiger partial charge >= 0.3 is 0 Å². The van der Waals surface area contributed by atoms with Gasteiger partial charge in [0.15, 0.2) is 5.96 Å². The van der Waals surface area contributed by atoms with E-state index < -0.39 is 0 Å².